The molecule has 2 aliphatic rings. The number of carbonyl (C=O) groups is 3. The number of furan rings is 1. The predicted octanol–water partition coefficient (Wildman–Crippen LogP) is 2.00. The molecule has 12 heteroatoms. The number of phenols is 2. The molecule has 190 valence electrons. The molecule has 5 rings (SSSR count). The maximum atomic E-state index is 13.5. The Morgan fingerprint density at radius 3 is 1.97 bits per heavy atom. The van der Waals surface area contributed by atoms with Crippen LogP contribution in [0.2, 0.25) is 0 Å². The van der Waals surface area contributed by atoms with E-state index in [1.165, 1.54) is 6.92 Å². The smallest absolute Gasteiger partial charge is 0.261 e. The van der Waals surface area contributed by atoms with Crippen LogP contribution in [0.15, 0.2) is 28.7 Å². The minimum absolute atomic E-state index is 0.0153. The molecular formula is C24H24N2O9S. The molecule has 2 aromatic carbocycles. The van der Waals surface area contributed by atoms with Crippen LogP contribution < -0.4 is 5.73 Å². The van der Waals surface area contributed by atoms with E-state index in [0.29, 0.717) is 32.2 Å². The molecule has 3 aromatic rings. The number of nitrogens with zero attached hydrogens (tertiary/aromatic N) is 1. The highest BCUT2D eigenvalue weighted by molar-refractivity contribution is 7.85. The summed E-state index contributed by atoms with van der Waals surface area (Å²) in [6.45, 7) is 2.40. The molecule has 1 aromatic heterocycles. The first kappa shape index (κ1) is 25.4. The van der Waals surface area contributed by atoms with Gasteiger partial charge < -0.3 is 25.3 Å². The molecule has 0 bridgehead atoms. The Bertz CT molecular complexity index is 1520. The molecule has 11 nitrogen and oxygen atoms in total. The zero-order valence-corrected chi connectivity index (χ0v) is 20.3. The van der Waals surface area contributed by atoms with Crippen LogP contribution in [0.5, 0.6) is 11.5 Å². The molecule has 1 aliphatic heterocycles. The van der Waals surface area contributed by atoms with E-state index >= 15 is 0 Å². The number of hydrogen-bond donors (Lipinski definition) is 4. The fourth-order valence-electron chi connectivity index (χ4n) is 4.52. The number of amides is 1. The van der Waals surface area contributed by atoms with E-state index in [4.69, 9.17) is 14.7 Å². The maximum absolute atomic E-state index is 13.5. The molecule has 0 radical (unpaired) electrons. The van der Waals surface area contributed by atoms with Gasteiger partial charge >= 0.3 is 0 Å². The summed E-state index contributed by atoms with van der Waals surface area (Å²) in [5.41, 5.74) is 5.14. The van der Waals surface area contributed by atoms with E-state index in [-0.39, 0.29) is 50.6 Å². The van der Waals surface area contributed by atoms with Crippen LogP contribution in [-0.4, -0.2) is 70.9 Å². The number of ketones is 2. The molecule has 1 saturated heterocycles. The number of piperidine rings is 1. The van der Waals surface area contributed by atoms with Gasteiger partial charge in [0.25, 0.3) is 16.0 Å². The fraction of sp³-hybridized carbons (Fsp3) is 0.292. The van der Waals surface area contributed by atoms with Gasteiger partial charge in [-0.25, -0.2) is 0 Å². The number of likely N-dealkylation sites (tertiary alicyclic amines) is 1. The van der Waals surface area contributed by atoms with Crippen LogP contribution >= 0.6 is 0 Å². The molecule has 0 unspecified atom stereocenters. The second-order valence-corrected chi connectivity index (χ2v) is 10.2. The van der Waals surface area contributed by atoms with Gasteiger partial charge in [0.2, 0.25) is 11.6 Å². The number of rotatable bonds is 1. The minimum Gasteiger partial charge on any atom is -0.506 e. The Morgan fingerprint density at radius 2 is 1.47 bits per heavy atom. The SMILES string of the molecule is CS(=O)(=O)O.Cc1oc2c(c1C(=O)N1CCC(N)CC1)C(=O)c1c(c(O)c3ccccc3c1O)C2=O. The predicted molar refractivity (Wildman–Crippen MR) is 128 cm³/mol. The minimum atomic E-state index is -3.67. The number of carbonyl (C=O) groups excluding carboxylic acids is 3. The van der Waals surface area contributed by atoms with Crippen LogP contribution in [0.4, 0.5) is 0 Å². The van der Waals surface area contributed by atoms with Gasteiger partial charge in [-0.05, 0) is 19.8 Å². The summed E-state index contributed by atoms with van der Waals surface area (Å²) in [4.78, 5) is 41.5. The number of aryl methyl sites for hydroxylation is 1. The standard InChI is InChI=1S/C23H20N2O6.CH4O3S/c1-10-14(23(30)25-8-6-11(24)7-9-25)17-20(28)15-16(21(29)22(17)31-10)19(27)13-5-3-2-4-12(13)18(15)26;1-5(2,3)4/h2-5,11,26-27H,6-9,24H2,1H3;1H3,(H,2,3,4). The first-order valence-corrected chi connectivity index (χ1v) is 12.8. The summed E-state index contributed by atoms with van der Waals surface area (Å²) in [6, 6.07) is 6.40. The Balaban J connectivity index is 0.000000556. The van der Waals surface area contributed by atoms with E-state index < -0.39 is 39.1 Å². The molecule has 5 N–H and O–H groups in total. The molecule has 1 amide bonds. The topological polar surface area (TPSA) is 188 Å². The van der Waals surface area contributed by atoms with Crippen LogP contribution in [0.1, 0.15) is 61.0 Å². The summed E-state index contributed by atoms with van der Waals surface area (Å²) in [7, 11) is -3.67. The van der Waals surface area contributed by atoms with E-state index in [2.05, 4.69) is 0 Å². The van der Waals surface area contributed by atoms with Crippen LogP contribution in [0.25, 0.3) is 10.8 Å². The van der Waals surface area contributed by atoms with E-state index in [0.717, 1.165) is 0 Å². The van der Waals surface area contributed by atoms with Gasteiger partial charge in [-0.3, -0.25) is 18.9 Å². The number of fused-ring (bicyclic) bond motifs is 3. The third-order valence-corrected chi connectivity index (χ3v) is 6.17. The second kappa shape index (κ2) is 9.04. The lowest BCUT2D eigenvalue weighted by atomic mass is 9.83. The van der Waals surface area contributed by atoms with Gasteiger partial charge in [0.1, 0.15) is 17.3 Å². The highest BCUT2D eigenvalue weighted by Crippen LogP contribution is 2.45. The molecular weight excluding hydrogens is 492 g/mol. The van der Waals surface area contributed by atoms with Crippen LogP contribution in [0, 0.1) is 6.92 Å². The Morgan fingerprint density at radius 1 is 1.00 bits per heavy atom. The summed E-state index contributed by atoms with van der Waals surface area (Å²) in [5, 5.41) is 22.0. The number of phenolic OH excluding ortho intramolecular Hbond substituents is 2. The fourth-order valence-corrected chi connectivity index (χ4v) is 4.52. The summed E-state index contributed by atoms with van der Waals surface area (Å²) in [6.07, 6.45) is 2.00. The van der Waals surface area contributed by atoms with Gasteiger partial charge in [0, 0.05) is 29.9 Å². The molecule has 1 fully saturated rings. The van der Waals surface area contributed by atoms with E-state index in [1.807, 2.05) is 0 Å². The van der Waals surface area contributed by atoms with Crippen molar-refractivity contribution in [1.29, 1.82) is 0 Å². The number of nitrogens with two attached hydrogens (primary N) is 1. The Hall–Kier alpha value is -3.74. The largest absolute Gasteiger partial charge is 0.506 e. The van der Waals surface area contributed by atoms with Crippen molar-refractivity contribution in [1.82, 2.24) is 4.90 Å². The van der Waals surface area contributed by atoms with Crippen molar-refractivity contribution >= 4 is 38.4 Å². The van der Waals surface area contributed by atoms with Crippen molar-refractivity contribution in [3.8, 4) is 11.5 Å². The van der Waals surface area contributed by atoms with Crippen LogP contribution in [0.3, 0.4) is 0 Å². The Labute approximate surface area is 205 Å². The highest BCUT2D eigenvalue weighted by Gasteiger charge is 2.43. The van der Waals surface area contributed by atoms with E-state index in [1.54, 1.807) is 29.2 Å². The summed E-state index contributed by atoms with van der Waals surface area (Å²) < 4.78 is 31.4. The van der Waals surface area contributed by atoms with Crippen LogP contribution in [-0.2, 0) is 10.1 Å². The zero-order chi connectivity index (χ0) is 26.5. The molecule has 0 atom stereocenters. The van der Waals surface area contributed by atoms with Gasteiger partial charge in [-0.2, -0.15) is 8.42 Å². The van der Waals surface area contributed by atoms with Crippen molar-refractivity contribution in [3.63, 3.8) is 0 Å². The molecule has 0 saturated carbocycles. The number of hydrogen-bond acceptors (Lipinski definition) is 9. The molecule has 1 aliphatic carbocycles. The van der Waals surface area contributed by atoms with Crippen molar-refractivity contribution in [2.24, 2.45) is 5.73 Å². The third kappa shape index (κ3) is 4.34. The molecule has 36 heavy (non-hydrogen) atoms. The first-order valence-electron chi connectivity index (χ1n) is 11.0. The highest BCUT2D eigenvalue weighted by atomic mass is 32.2. The van der Waals surface area contributed by atoms with Gasteiger partial charge in [0.05, 0.1) is 28.5 Å². The second-order valence-electron chi connectivity index (χ2n) is 8.75. The quantitative estimate of drug-likeness (QED) is 0.215. The molecule has 2 heterocycles. The third-order valence-electron chi connectivity index (χ3n) is 6.17. The van der Waals surface area contributed by atoms with Crippen molar-refractivity contribution in [2.75, 3.05) is 19.3 Å². The van der Waals surface area contributed by atoms with Crippen molar-refractivity contribution < 1.29 is 42.0 Å². The normalized spacial score (nSPS) is 15.8. The average Bonchev–Trinajstić information content (AvgIpc) is 3.16. The average molecular weight is 517 g/mol. The number of benzene rings is 2. The van der Waals surface area contributed by atoms with Crippen molar-refractivity contribution in [3.05, 3.63) is 58.0 Å². The lowest BCUT2D eigenvalue weighted by molar-refractivity contribution is 0.0709. The zero-order valence-electron chi connectivity index (χ0n) is 19.4. The maximum Gasteiger partial charge on any atom is 0.261 e. The molecule has 0 spiro atoms. The van der Waals surface area contributed by atoms with Gasteiger partial charge in [0.15, 0.2) is 5.76 Å². The van der Waals surface area contributed by atoms with Gasteiger partial charge in [-0.15, -0.1) is 0 Å². The summed E-state index contributed by atoms with van der Waals surface area (Å²) >= 11 is 0. The lowest BCUT2D eigenvalue weighted by Gasteiger charge is -2.30. The van der Waals surface area contributed by atoms with E-state index in [9.17, 15) is 33.0 Å². The Kier molecular flexibility index (Phi) is 6.37. The monoisotopic (exact) mass is 516 g/mol. The lowest BCUT2D eigenvalue weighted by Crippen LogP contribution is -2.43. The summed E-state index contributed by atoms with van der Waals surface area (Å²) in [5.74, 6) is -2.85. The first-order chi connectivity index (χ1) is 16.8. The van der Waals surface area contributed by atoms with Gasteiger partial charge in [-0.1, -0.05) is 24.3 Å². The number of aromatic hydroxyl groups is 2. The van der Waals surface area contributed by atoms with Crippen molar-refractivity contribution in [2.45, 2.75) is 25.8 Å².